The van der Waals surface area contributed by atoms with Crippen molar-refractivity contribution in [2.75, 3.05) is 12.1 Å². The standard InChI is InChI=1S/C15H11ClF3NO4S/c1-8(21)23-7-24-14(22)10-5-25-6-13(10)20-12-4-9(15(17,18)19)2-3-11(12)16/h2-6,20H,7H2,1H3. The smallest absolute Gasteiger partial charge is 0.416 e. The second kappa shape index (κ2) is 7.75. The minimum atomic E-state index is -4.53. The van der Waals surface area contributed by atoms with Gasteiger partial charge in [0.1, 0.15) is 0 Å². The van der Waals surface area contributed by atoms with Gasteiger partial charge in [-0.15, -0.1) is 11.3 Å². The molecule has 0 aliphatic rings. The molecule has 0 aliphatic carbocycles. The van der Waals surface area contributed by atoms with Crippen LogP contribution in [0.25, 0.3) is 0 Å². The van der Waals surface area contributed by atoms with E-state index in [-0.39, 0.29) is 22.0 Å². The fraction of sp³-hybridized carbons (Fsp3) is 0.200. The molecule has 0 spiro atoms. The molecule has 1 aromatic heterocycles. The molecule has 10 heteroatoms. The summed E-state index contributed by atoms with van der Waals surface area (Å²) in [5.74, 6) is -1.42. The van der Waals surface area contributed by atoms with Crippen molar-refractivity contribution in [2.24, 2.45) is 0 Å². The Morgan fingerprint density at radius 1 is 1.20 bits per heavy atom. The van der Waals surface area contributed by atoms with E-state index in [1.165, 1.54) is 10.8 Å². The summed E-state index contributed by atoms with van der Waals surface area (Å²) in [5, 5.41) is 5.69. The number of rotatable bonds is 5. The van der Waals surface area contributed by atoms with Crippen LogP contribution in [0.3, 0.4) is 0 Å². The summed E-state index contributed by atoms with van der Waals surface area (Å²) in [5.41, 5.74) is -0.595. The number of hydrogen-bond acceptors (Lipinski definition) is 6. The van der Waals surface area contributed by atoms with E-state index in [0.29, 0.717) is 0 Å². The fourth-order valence-corrected chi connectivity index (χ4v) is 2.65. The normalized spacial score (nSPS) is 11.1. The summed E-state index contributed by atoms with van der Waals surface area (Å²) in [6.45, 7) is 0.592. The van der Waals surface area contributed by atoms with Crippen LogP contribution in [0.4, 0.5) is 24.5 Å². The van der Waals surface area contributed by atoms with Crippen LogP contribution in [-0.2, 0) is 20.4 Å². The lowest BCUT2D eigenvalue weighted by Crippen LogP contribution is -2.11. The molecule has 0 atom stereocenters. The monoisotopic (exact) mass is 393 g/mol. The minimum absolute atomic E-state index is 0.0103. The SMILES string of the molecule is CC(=O)OCOC(=O)c1cscc1Nc1cc(C(F)(F)F)ccc1Cl. The molecule has 0 radical (unpaired) electrons. The van der Waals surface area contributed by atoms with Gasteiger partial charge in [0.05, 0.1) is 27.5 Å². The molecule has 2 aromatic rings. The van der Waals surface area contributed by atoms with Gasteiger partial charge < -0.3 is 14.8 Å². The number of esters is 2. The van der Waals surface area contributed by atoms with Crippen LogP contribution in [0, 0.1) is 0 Å². The van der Waals surface area contributed by atoms with E-state index in [1.807, 2.05) is 0 Å². The third-order valence-electron chi connectivity index (χ3n) is 2.90. The maximum Gasteiger partial charge on any atom is 0.416 e. The zero-order valence-electron chi connectivity index (χ0n) is 12.6. The maximum absolute atomic E-state index is 12.8. The van der Waals surface area contributed by atoms with E-state index in [4.69, 9.17) is 16.3 Å². The van der Waals surface area contributed by atoms with Crippen LogP contribution in [0.5, 0.6) is 0 Å². The van der Waals surface area contributed by atoms with Gasteiger partial charge in [0, 0.05) is 17.7 Å². The Labute approximate surface area is 149 Å². The summed E-state index contributed by atoms with van der Waals surface area (Å²) < 4.78 is 47.7. The van der Waals surface area contributed by atoms with Crippen molar-refractivity contribution in [3.05, 3.63) is 45.1 Å². The van der Waals surface area contributed by atoms with Gasteiger partial charge in [-0.1, -0.05) is 11.6 Å². The van der Waals surface area contributed by atoms with E-state index in [1.54, 1.807) is 0 Å². The van der Waals surface area contributed by atoms with Crippen molar-refractivity contribution in [3.8, 4) is 0 Å². The third-order valence-corrected chi connectivity index (χ3v) is 3.97. The number of benzene rings is 1. The third kappa shape index (κ3) is 5.10. The van der Waals surface area contributed by atoms with Gasteiger partial charge in [0.15, 0.2) is 0 Å². The summed E-state index contributed by atoms with van der Waals surface area (Å²) in [6, 6.07) is 2.81. The second-order valence-corrected chi connectivity index (χ2v) is 5.85. The number of ether oxygens (including phenoxy) is 2. The molecule has 25 heavy (non-hydrogen) atoms. The molecule has 1 N–H and O–H groups in total. The quantitative estimate of drug-likeness (QED) is 0.581. The fourth-order valence-electron chi connectivity index (χ4n) is 1.74. The summed E-state index contributed by atoms with van der Waals surface area (Å²) in [6.07, 6.45) is -4.53. The number of halogens is 4. The first-order chi connectivity index (χ1) is 11.7. The Morgan fingerprint density at radius 2 is 1.92 bits per heavy atom. The number of alkyl halides is 3. The van der Waals surface area contributed by atoms with Crippen molar-refractivity contribution in [1.29, 1.82) is 0 Å². The molecule has 1 aromatic carbocycles. The molecule has 2 rings (SSSR count). The van der Waals surface area contributed by atoms with E-state index in [2.05, 4.69) is 10.1 Å². The lowest BCUT2D eigenvalue weighted by atomic mass is 10.2. The van der Waals surface area contributed by atoms with Gasteiger partial charge in [-0.2, -0.15) is 13.2 Å². The lowest BCUT2D eigenvalue weighted by molar-refractivity contribution is -0.149. The first-order valence-corrected chi connectivity index (χ1v) is 8.01. The van der Waals surface area contributed by atoms with Crippen LogP contribution in [-0.4, -0.2) is 18.7 Å². The molecular formula is C15H11ClF3NO4S. The predicted octanol–water partition coefficient (Wildman–Crippen LogP) is 4.84. The molecule has 0 saturated carbocycles. The molecule has 0 fully saturated rings. The number of carbonyl (C=O) groups excluding carboxylic acids is 2. The lowest BCUT2D eigenvalue weighted by Gasteiger charge is -2.13. The summed E-state index contributed by atoms with van der Waals surface area (Å²) >= 11 is 7.05. The predicted molar refractivity (Wildman–Crippen MR) is 86.1 cm³/mol. The van der Waals surface area contributed by atoms with Crippen molar-refractivity contribution in [1.82, 2.24) is 0 Å². The molecule has 0 unspecified atom stereocenters. The number of nitrogens with one attached hydrogen (secondary N) is 1. The van der Waals surface area contributed by atoms with Gasteiger partial charge in [0.2, 0.25) is 6.79 Å². The molecule has 0 aliphatic heterocycles. The number of anilines is 2. The number of hydrogen-bond donors (Lipinski definition) is 1. The molecule has 134 valence electrons. The molecule has 0 amide bonds. The van der Waals surface area contributed by atoms with E-state index in [9.17, 15) is 22.8 Å². The highest BCUT2D eigenvalue weighted by atomic mass is 35.5. The van der Waals surface area contributed by atoms with Gasteiger partial charge in [-0.3, -0.25) is 4.79 Å². The highest BCUT2D eigenvalue weighted by Gasteiger charge is 2.31. The first-order valence-electron chi connectivity index (χ1n) is 6.69. The average Bonchev–Trinajstić information content (AvgIpc) is 2.96. The van der Waals surface area contributed by atoms with Gasteiger partial charge in [-0.05, 0) is 18.2 Å². The molecular weight excluding hydrogens is 383 g/mol. The van der Waals surface area contributed by atoms with Crippen molar-refractivity contribution in [3.63, 3.8) is 0 Å². The van der Waals surface area contributed by atoms with Crippen molar-refractivity contribution < 1.29 is 32.2 Å². The van der Waals surface area contributed by atoms with E-state index < -0.39 is 30.5 Å². The Kier molecular flexibility index (Phi) is 5.91. The Hall–Kier alpha value is -2.26. The Bertz CT molecular complexity index is 791. The molecule has 0 saturated heterocycles. The number of carbonyl (C=O) groups is 2. The van der Waals surface area contributed by atoms with Crippen LogP contribution in [0.2, 0.25) is 5.02 Å². The molecule has 1 heterocycles. The zero-order valence-corrected chi connectivity index (χ0v) is 14.2. The second-order valence-electron chi connectivity index (χ2n) is 4.70. The van der Waals surface area contributed by atoms with Gasteiger partial charge >= 0.3 is 18.1 Å². The van der Waals surface area contributed by atoms with Crippen LogP contribution in [0.15, 0.2) is 29.0 Å². The van der Waals surface area contributed by atoms with Gasteiger partial charge in [0.25, 0.3) is 0 Å². The van der Waals surface area contributed by atoms with Crippen LogP contribution >= 0.6 is 22.9 Å². The largest absolute Gasteiger partial charge is 0.428 e. The van der Waals surface area contributed by atoms with Gasteiger partial charge in [-0.25, -0.2) is 4.79 Å². The minimum Gasteiger partial charge on any atom is -0.428 e. The molecule has 5 nitrogen and oxygen atoms in total. The number of thiophene rings is 1. The summed E-state index contributed by atoms with van der Waals surface area (Å²) in [4.78, 5) is 22.6. The maximum atomic E-state index is 12.8. The van der Waals surface area contributed by atoms with E-state index >= 15 is 0 Å². The zero-order chi connectivity index (χ0) is 18.6. The Balaban J connectivity index is 2.18. The molecule has 0 bridgehead atoms. The highest BCUT2D eigenvalue weighted by Crippen LogP contribution is 2.36. The first kappa shape index (κ1) is 19.1. The Morgan fingerprint density at radius 3 is 2.56 bits per heavy atom. The van der Waals surface area contributed by atoms with Crippen LogP contribution in [0.1, 0.15) is 22.8 Å². The average molecular weight is 394 g/mol. The topological polar surface area (TPSA) is 64.6 Å². The van der Waals surface area contributed by atoms with E-state index in [0.717, 1.165) is 36.5 Å². The summed E-state index contributed by atoms with van der Waals surface area (Å²) in [7, 11) is 0. The van der Waals surface area contributed by atoms with Crippen molar-refractivity contribution >= 4 is 46.3 Å². The highest BCUT2D eigenvalue weighted by molar-refractivity contribution is 7.08. The van der Waals surface area contributed by atoms with Crippen LogP contribution < -0.4 is 5.32 Å². The van der Waals surface area contributed by atoms with Crippen molar-refractivity contribution in [2.45, 2.75) is 13.1 Å².